The highest BCUT2D eigenvalue weighted by Crippen LogP contribution is 2.32. The molecule has 1 fully saturated rings. The average Bonchev–Trinajstić information content (AvgIpc) is 2.20. The summed E-state index contributed by atoms with van der Waals surface area (Å²) in [7, 11) is 0. The van der Waals surface area contributed by atoms with E-state index in [1.54, 1.807) is 6.08 Å². The van der Waals surface area contributed by atoms with E-state index < -0.39 is 0 Å². The Bertz CT molecular complexity index is 151. The Morgan fingerprint density at radius 2 is 1.80 bits per heavy atom. The molecule has 2 nitrogen and oxygen atoms in total. The van der Waals surface area contributed by atoms with Crippen LogP contribution in [0.1, 0.15) is 26.7 Å². The summed E-state index contributed by atoms with van der Waals surface area (Å²) >= 11 is 0. The van der Waals surface area contributed by atoms with E-state index in [0.29, 0.717) is 11.8 Å². The predicted molar refractivity (Wildman–Crippen MR) is 39.5 cm³/mol. The van der Waals surface area contributed by atoms with Gasteiger partial charge in [-0.3, -0.25) is 0 Å². The summed E-state index contributed by atoms with van der Waals surface area (Å²) in [5.74, 6) is 1.16. The second kappa shape index (κ2) is 2.98. The van der Waals surface area contributed by atoms with Gasteiger partial charge >= 0.3 is 0 Å². The molecule has 0 saturated heterocycles. The van der Waals surface area contributed by atoms with Crippen LogP contribution in [-0.4, -0.2) is 12.1 Å². The van der Waals surface area contributed by atoms with Gasteiger partial charge in [0.1, 0.15) is 0 Å². The molecule has 0 aromatic carbocycles. The SMILES string of the molecule is CC1CCC(C)C1N=C=O. The van der Waals surface area contributed by atoms with E-state index in [0.717, 1.165) is 0 Å². The number of nitrogens with zero attached hydrogens (tertiary/aromatic N) is 1. The van der Waals surface area contributed by atoms with Gasteiger partial charge in [-0.25, -0.2) is 9.79 Å². The molecule has 0 aromatic heterocycles. The van der Waals surface area contributed by atoms with E-state index in [1.807, 2.05) is 0 Å². The number of rotatable bonds is 1. The summed E-state index contributed by atoms with van der Waals surface area (Å²) in [5, 5.41) is 0. The molecule has 2 atom stereocenters. The molecular weight excluding hydrogens is 126 g/mol. The number of aliphatic imine (C=N–C) groups is 1. The van der Waals surface area contributed by atoms with Gasteiger partial charge in [-0.15, -0.1) is 0 Å². The minimum absolute atomic E-state index is 0.248. The summed E-state index contributed by atoms with van der Waals surface area (Å²) in [6, 6.07) is 0.248. The fraction of sp³-hybridized carbons (Fsp3) is 0.875. The zero-order valence-electron chi connectivity index (χ0n) is 6.50. The van der Waals surface area contributed by atoms with Crippen LogP contribution < -0.4 is 0 Å². The van der Waals surface area contributed by atoms with Gasteiger partial charge in [0.2, 0.25) is 6.08 Å². The highest BCUT2D eigenvalue weighted by Gasteiger charge is 2.29. The van der Waals surface area contributed by atoms with Crippen LogP contribution in [0.3, 0.4) is 0 Å². The summed E-state index contributed by atoms with van der Waals surface area (Å²) in [4.78, 5) is 13.7. The number of carbonyl (C=O) groups excluding carboxylic acids is 1. The molecule has 2 heteroatoms. The molecule has 0 spiro atoms. The Hall–Kier alpha value is -0.620. The van der Waals surface area contributed by atoms with Crippen molar-refractivity contribution < 1.29 is 4.79 Å². The molecule has 1 aliphatic rings. The lowest BCUT2D eigenvalue weighted by Gasteiger charge is -2.11. The van der Waals surface area contributed by atoms with Crippen LogP contribution in [0.15, 0.2) is 4.99 Å². The van der Waals surface area contributed by atoms with E-state index in [2.05, 4.69) is 18.8 Å². The largest absolute Gasteiger partial charge is 0.235 e. The third kappa shape index (κ3) is 1.27. The lowest BCUT2D eigenvalue weighted by atomic mass is 10.0. The van der Waals surface area contributed by atoms with Gasteiger partial charge < -0.3 is 0 Å². The highest BCUT2D eigenvalue weighted by molar-refractivity contribution is 5.34. The molecule has 0 radical (unpaired) electrons. The van der Waals surface area contributed by atoms with Crippen LogP contribution in [0.5, 0.6) is 0 Å². The molecule has 1 rings (SSSR count). The van der Waals surface area contributed by atoms with Crippen LogP contribution in [0.2, 0.25) is 0 Å². The first-order valence-corrected chi connectivity index (χ1v) is 3.82. The average molecular weight is 139 g/mol. The van der Waals surface area contributed by atoms with E-state index in [-0.39, 0.29) is 6.04 Å². The summed E-state index contributed by atoms with van der Waals surface area (Å²) in [6.07, 6.45) is 4.06. The standard InChI is InChI=1S/C8H13NO/c1-6-3-4-7(2)8(6)9-5-10/h6-8H,3-4H2,1-2H3. The maximum Gasteiger partial charge on any atom is 0.235 e. The normalized spacial score (nSPS) is 39.2. The second-order valence-corrected chi connectivity index (χ2v) is 3.24. The van der Waals surface area contributed by atoms with E-state index >= 15 is 0 Å². The minimum atomic E-state index is 0.248. The Balaban J connectivity index is 2.62. The van der Waals surface area contributed by atoms with E-state index in [4.69, 9.17) is 0 Å². The molecule has 2 unspecified atom stereocenters. The van der Waals surface area contributed by atoms with Gasteiger partial charge in [0, 0.05) is 0 Å². The zero-order valence-corrected chi connectivity index (χ0v) is 6.50. The molecule has 0 bridgehead atoms. The Kier molecular flexibility index (Phi) is 2.23. The van der Waals surface area contributed by atoms with Crippen molar-refractivity contribution in [2.75, 3.05) is 0 Å². The third-order valence-electron chi connectivity index (χ3n) is 2.45. The van der Waals surface area contributed by atoms with Crippen molar-refractivity contribution in [3.8, 4) is 0 Å². The fourth-order valence-corrected chi connectivity index (χ4v) is 1.74. The van der Waals surface area contributed by atoms with Crippen molar-refractivity contribution in [1.29, 1.82) is 0 Å². The smallest absolute Gasteiger partial charge is 0.211 e. The molecule has 0 amide bonds. The maximum absolute atomic E-state index is 9.96. The van der Waals surface area contributed by atoms with Crippen molar-refractivity contribution in [3.63, 3.8) is 0 Å². The van der Waals surface area contributed by atoms with Crippen LogP contribution in [0, 0.1) is 11.8 Å². The van der Waals surface area contributed by atoms with Gasteiger partial charge in [0.05, 0.1) is 6.04 Å². The maximum atomic E-state index is 9.96. The number of hydrogen-bond acceptors (Lipinski definition) is 2. The zero-order chi connectivity index (χ0) is 7.56. The first-order valence-electron chi connectivity index (χ1n) is 3.82. The molecule has 0 aromatic rings. The van der Waals surface area contributed by atoms with Gasteiger partial charge in [-0.05, 0) is 24.7 Å². The molecule has 0 aliphatic heterocycles. The summed E-state index contributed by atoms with van der Waals surface area (Å²) < 4.78 is 0. The third-order valence-corrected chi connectivity index (χ3v) is 2.45. The van der Waals surface area contributed by atoms with Crippen LogP contribution in [0.25, 0.3) is 0 Å². The van der Waals surface area contributed by atoms with Crippen molar-refractivity contribution in [2.24, 2.45) is 16.8 Å². The lowest BCUT2D eigenvalue weighted by molar-refractivity contribution is 0.452. The van der Waals surface area contributed by atoms with Crippen molar-refractivity contribution in [3.05, 3.63) is 0 Å². The van der Waals surface area contributed by atoms with E-state index in [9.17, 15) is 4.79 Å². The quantitative estimate of drug-likeness (QED) is 0.402. The van der Waals surface area contributed by atoms with Crippen LogP contribution in [-0.2, 0) is 4.79 Å². The number of isocyanates is 1. The first kappa shape index (κ1) is 7.49. The lowest BCUT2D eigenvalue weighted by Crippen LogP contribution is -2.14. The summed E-state index contributed by atoms with van der Waals surface area (Å²) in [6.45, 7) is 4.30. The highest BCUT2D eigenvalue weighted by atomic mass is 16.1. The Morgan fingerprint density at radius 1 is 1.30 bits per heavy atom. The molecular formula is C8H13NO. The molecule has 10 heavy (non-hydrogen) atoms. The van der Waals surface area contributed by atoms with E-state index in [1.165, 1.54) is 12.8 Å². The number of hydrogen-bond donors (Lipinski definition) is 0. The minimum Gasteiger partial charge on any atom is -0.211 e. The Morgan fingerprint density at radius 3 is 2.20 bits per heavy atom. The van der Waals surface area contributed by atoms with Crippen molar-refractivity contribution in [1.82, 2.24) is 0 Å². The van der Waals surface area contributed by atoms with Crippen LogP contribution >= 0.6 is 0 Å². The molecule has 0 N–H and O–H groups in total. The van der Waals surface area contributed by atoms with Gasteiger partial charge in [0.25, 0.3) is 0 Å². The van der Waals surface area contributed by atoms with Crippen molar-refractivity contribution in [2.45, 2.75) is 32.7 Å². The van der Waals surface area contributed by atoms with Gasteiger partial charge in [-0.2, -0.15) is 0 Å². The molecule has 0 heterocycles. The molecule has 1 saturated carbocycles. The molecule has 56 valence electrons. The molecule has 1 aliphatic carbocycles. The fourth-order valence-electron chi connectivity index (χ4n) is 1.74. The second-order valence-electron chi connectivity index (χ2n) is 3.24. The monoisotopic (exact) mass is 139 g/mol. The van der Waals surface area contributed by atoms with Gasteiger partial charge in [-0.1, -0.05) is 13.8 Å². The van der Waals surface area contributed by atoms with Gasteiger partial charge in [0.15, 0.2) is 0 Å². The summed E-state index contributed by atoms with van der Waals surface area (Å²) in [5.41, 5.74) is 0. The first-order chi connectivity index (χ1) is 4.75. The topological polar surface area (TPSA) is 29.4 Å². The van der Waals surface area contributed by atoms with Crippen LogP contribution in [0.4, 0.5) is 0 Å². The van der Waals surface area contributed by atoms with Crippen molar-refractivity contribution >= 4 is 6.08 Å². The predicted octanol–water partition coefficient (Wildman–Crippen LogP) is 1.76. The Labute approximate surface area is 61.3 Å².